The molecule has 0 spiro atoms. The van der Waals surface area contributed by atoms with Gasteiger partial charge in [-0.05, 0) is 23.6 Å². The molecule has 0 bridgehead atoms. The predicted octanol–water partition coefficient (Wildman–Crippen LogP) is 4.23. The van der Waals surface area contributed by atoms with Gasteiger partial charge in [-0.1, -0.05) is 17.4 Å². The van der Waals surface area contributed by atoms with Crippen molar-refractivity contribution in [1.82, 2.24) is 9.55 Å². The summed E-state index contributed by atoms with van der Waals surface area (Å²) in [6.45, 7) is 1.75. The number of nitrogens with one attached hydrogen (secondary N) is 1. The maximum Gasteiger partial charge on any atom is 0.274 e. The molecule has 0 aliphatic carbocycles. The first-order valence-corrected chi connectivity index (χ1v) is 10.1. The number of amides is 1. The van der Waals surface area contributed by atoms with E-state index in [-0.39, 0.29) is 5.91 Å². The Kier molecular flexibility index (Phi) is 4.06. The Balaban J connectivity index is 1.39. The second-order valence-electron chi connectivity index (χ2n) is 6.04. The minimum absolute atomic E-state index is 0.173. The fourth-order valence-electron chi connectivity index (χ4n) is 3.01. The molecule has 0 saturated heterocycles. The summed E-state index contributed by atoms with van der Waals surface area (Å²) in [6, 6.07) is 11.5. The Hall–Kier alpha value is -2.84. The number of carbonyl (C=O) groups excluding carboxylic acids is 1. The molecule has 1 amide bonds. The van der Waals surface area contributed by atoms with E-state index in [1.54, 1.807) is 11.3 Å². The zero-order valence-corrected chi connectivity index (χ0v) is 15.8. The van der Waals surface area contributed by atoms with Gasteiger partial charge in [0, 0.05) is 23.2 Å². The number of ether oxygens (including phenoxy) is 2. The fourth-order valence-corrected chi connectivity index (χ4v) is 4.58. The lowest BCUT2D eigenvalue weighted by Crippen LogP contribution is -2.16. The molecular formula is C19H15N3O3S2. The molecule has 6 nitrogen and oxygen atoms in total. The van der Waals surface area contributed by atoms with Crippen LogP contribution in [0.5, 0.6) is 11.5 Å². The summed E-state index contributed by atoms with van der Waals surface area (Å²) in [7, 11) is 0. The monoisotopic (exact) mass is 397 g/mol. The van der Waals surface area contributed by atoms with Gasteiger partial charge in [0.15, 0.2) is 16.6 Å². The fraction of sp³-hybridized carbons (Fsp3) is 0.158. The maximum absolute atomic E-state index is 12.7. The number of anilines is 1. The van der Waals surface area contributed by atoms with Crippen LogP contribution >= 0.6 is 22.7 Å². The highest BCUT2D eigenvalue weighted by atomic mass is 32.1. The Morgan fingerprint density at radius 2 is 2.04 bits per heavy atom. The van der Waals surface area contributed by atoms with Gasteiger partial charge in [-0.25, -0.2) is 4.98 Å². The van der Waals surface area contributed by atoms with Gasteiger partial charge in [-0.3, -0.25) is 10.1 Å². The molecule has 1 aliphatic heterocycles. The zero-order chi connectivity index (χ0) is 18.2. The van der Waals surface area contributed by atoms with Gasteiger partial charge in [0.25, 0.3) is 5.91 Å². The number of aromatic nitrogens is 2. The quantitative estimate of drug-likeness (QED) is 0.560. The van der Waals surface area contributed by atoms with Crippen molar-refractivity contribution in [3.63, 3.8) is 0 Å². The number of thiophene rings is 1. The van der Waals surface area contributed by atoms with Crippen LogP contribution < -0.4 is 14.8 Å². The second-order valence-corrected chi connectivity index (χ2v) is 8.10. The van der Waals surface area contributed by atoms with Crippen LogP contribution in [0.4, 0.5) is 5.13 Å². The molecule has 27 heavy (non-hydrogen) atoms. The van der Waals surface area contributed by atoms with E-state index < -0.39 is 0 Å². The van der Waals surface area contributed by atoms with Crippen molar-refractivity contribution in [2.24, 2.45) is 0 Å². The van der Waals surface area contributed by atoms with Gasteiger partial charge in [0.05, 0.1) is 16.8 Å². The molecule has 8 heteroatoms. The van der Waals surface area contributed by atoms with Crippen molar-refractivity contribution in [2.75, 3.05) is 18.5 Å². The first-order valence-electron chi connectivity index (χ1n) is 8.45. The molecule has 1 aromatic carbocycles. The van der Waals surface area contributed by atoms with E-state index in [1.807, 2.05) is 46.5 Å². The van der Waals surface area contributed by atoms with Crippen molar-refractivity contribution < 1.29 is 14.3 Å². The van der Waals surface area contributed by atoms with Gasteiger partial charge >= 0.3 is 0 Å². The lowest BCUT2D eigenvalue weighted by Gasteiger charge is -2.17. The molecule has 0 unspecified atom stereocenters. The highest BCUT2D eigenvalue weighted by molar-refractivity contribution is 7.22. The van der Waals surface area contributed by atoms with Gasteiger partial charge < -0.3 is 14.0 Å². The molecule has 4 aromatic rings. The number of rotatable bonds is 4. The third-order valence-corrected chi connectivity index (χ3v) is 6.04. The minimum atomic E-state index is -0.173. The number of carbonyl (C=O) groups is 1. The predicted molar refractivity (Wildman–Crippen MR) is 106 cm³/mol. The second kappa shape index (κ2) is 6.71. The lowest BCUT2D eigenvalue weighted by atomic mass is 10.3. The third kappa shape index (κ3) is 3.17. The Morgan fingerprint density at radius 3 is 2.85 bits per heavy atom. The first kappa shape index (κ1) is 16.3. The highest BCUT2D eigenvalue weighted by Gasteiger charge is 2.17. The summed E-state index contributed by atoms with van der Waals surface area (Å²) < 4.78 is 14.1. The van der Waals surface area contributed by atoms with Crippen LogP contribution in [0.15, 0.2) is 48.0 Å². The van der Waals surface area contributed by atoms with Gasteiger partial charge in [0.1, 0.15) is 18.9 Å². The van der Waals surface area contributed by atoms with Crippen LogP contribution in [-0.2, 0) is 6.54 Å². The summed E-state index contributed by atoms with van der Waals surface area (Å²) in [5.74, 6) is 1.25. The summed E-state index contributed by atoms with van der Waals surface area (Å²) >= 11 is 3.10. The van der Waals surface area contributed by atoms with E-state index in [4.69, 9.17) is 9.47 Å². The van der Waals surface area contributed by atoms with Gasteiger partial charge in [-0.15, -0.1) is 11.3 Å². The van der Waals surface area contributed by atoms with Crippen LogP contribution in [0.3, 0.4) is 0 Å². The molecule has 0 atom stereocenters. The largest absolute Gasteiger partial charge is 0.486 e. The maximum atomic E-state index is 12.7. The van der Waals surface area contributed by atoms with Crippen molar-refractivity contribution in [2.45, 2.75) is 6.54 Å². The van der Waals surface area contributed by atoms with Gasteiger partial charge in [0.2, 0.25) is 0 Å². The summed E-state index contributed by atoms with van der Waals surface area (Å²) in [5.41, 5.74) is 1.39. The topological polar surface area (TPSA) is 65.4 Å². The highest BCUT2D eigenvalue weighted by Crippen LogP contribution is 2.37. The Bertz CT molecular complexity index is 1070. The first-order chi connectivity index (χ1) is 13.3. The molecule has 0 radical (unpaired) electrons. The molecule has 1 aliphatic rings. The van der Waals surface area contributed by atoms with Crippen molar-refractivity contribution in [3.8, 4) is 11.5 Å². The standard InChI is InChI=1S/C19H15N3O3S2/c23-18(14-4-1-5-22(14)11-12-3-2-8-26-12)21-19-20-13-9-15-16(10-17(13)27-19)25-7-6-24-15/h1-5,8-10H,6-7,11H2,(H,20,21,23). The van der Waals surface area contributed by atoms with Crippen LogP contribution in [0.1, 0.15) is 15.4 Å². The average molecular weight is 397 g/mol. The molecule has 0 fully saturated rings. The minimum Gasteiger partial charge on any atom is -0.486 e. The molecule has 3 aromatic heterocycles. The Labute approximate surface area is 163 Å². The third-order valence-electron chi connectivity index (χ3n) is 4.24. The summed E-state index contributed by atoms with van der Waals surface area (Å²) in [6.07, 6.45) is 1.91. The summed E-state index contributed by atoms with van der Waals surface area (Å²) in [4.78, 5) is 18.5. The lowest BCUT2D eigenvalue weighted by molar-refractivity contribution is 0.101. The van der Waals surface area contributed by atoms with Crippen molar-refractivity contribution >= 4 is 43.9 Å². The number of hydrogen-bond acceptors (Lipinski definition) is 6. The van der Waals surface area contributed by atoms with E-state index in [2.05, 4.69) is 16.4 Å². The number of benzene rings is 1. The number of thiazole rings is 1. The van der Waals surface area contributed by atoms with E-state index in [1.165, 1.54) is 16.2 Å². The summed E-state index contributed by atoms with van der Waals surface area (Å²) in [5, 5.41) is 5.50. The molecular weight excluding hydrogens is 382 g/mol. The molecule has 4 heterocycles. The SMILES string of the molecule is O=C(Nc1nc2cc3c(cc2s1)OCCO3)c1cccn1Cc1cccs1. The smallest absolute Gasteiger partial charge is 0.274 e. The molecule has 1 N–H and O–H groups in total. The normalized spacial score (nSPS) is 13.0. The number of hydrogen-bond donors (Lipinski definition) is 1. The van der Waals surface area contributed by atoms with E-state index in [9.17, 15) is 4.79 Å². The van der Waals surface area contributed by atoms with Crippen LogP contribution in [0.25, 0.3) is 10.2 Å². The van der Waals surface area contributed by atoms with E-state index >= 15 is 0 Å². The van der Waals surface area contributed by atoms with E-state index in [0.29, 0.717) is 36.3 Å². The van der Waals surface area contributed by atoms with Gasteiger partial charge in [-0.2, -0.15) is 0 Å². The van der Waals surface area contributed by atoms with Crippen molar-refractivity contribution in [1.29, 1.82) is 0 Å². The van der Waals surface area contributed by atoms with Crippen LogP contribution in [-0.4, -0.2) is 28.7 Å². The molecule has 5 rings (SSSR count). The van der Waals surface area contributed by atoms with E-state index in [0.717, 1.165) is 16.0 Å². The average Bonchev–Trinajstić information content (AvgIpc) is 3.40. The van der Waals surface area contributed by atoms with Crippen LogP contribution in [0.2, 0.25) is 0 Å². The number of nitrogens with zero attached hydrogens (tertiary/aromatic N) is 2. The number of fused-ring (bicyclic) bond motifs is 2. The molecule has 136 valence electrons. The molecule has 0 saturated carbocycles. The van der Waals surface area contributed by atoms with Crippen molar-refractivity contribution in [3.05, 3.63) is 58.5 Å². The Morgan fingerprint density at radius 1 is 1.19 bits per heavy atom. The van der Waals surface area contributed by atoms with Crippen LogP contribution in [0, 0.1) is 0 Å². The zero-order valence-electron chi connectivity index (χ0n) is 14.2.